The summed E-state index contributed by atoms with van der Waals surface area (Å²) in [6, 6.07) is 0. The van der Waals surface area contributed by atoms with Crippen LogP contribution in [0, 0.1) is 11.8 Å². The lowest BCUT2D eigenvalue weighted by Gasteiger charge is -2.35. The van der Waals surface area contributed by atoms with Gasteiger partial charge in [0.25, 0.3) is 0 Å². The van der Waals surface area contributed by atoms with Crippen molar-refractivity contribution in [1.29, 1.82) is 0 Å². The van der Waals surface area contributed by atoms with E-state index in [2.05, 4.69) is 13.8 Å². The number of likely N-dealkylation sites (tertiary alicyclic amines) is 1. The van der Waals surface area contributed by atoms with Crippen LogP contribution >= 0.6 is 0 Å². The van der Waals surface area contributed by atoms with E-state index in [9.17, 15) is 9.59 Å². The maximum Gasteiger partial charge on any atom is 0.332 e. The van der Waals surface area contributed by atoms with Crippen LogP contribution in [0.4, 0.5) is 0 Å². The van der Waals surface area contributed by atoms with Gasteiger partial charge in [-0.25, -0.2) is 4.79 Å². The Kier molecular flexibility index (Phi) is 4.93. The number of nitrogens with zero attached hydrogens (tertiary/aromatic N) is 1. The fourth-order valence-electron chi connectivity index (χ4n) is 2.23. The monoisotopic (exact) mass is 243 g/mol. The lowest BCUT2D eigenvalue weighted by atomic mass is 9.92. The minimum absolute atomic E-state index is 0.114. The van der Waals surface area contributed by atoms with Crippen molar-refractivity contribution in [3.05, 3.63) is 0 Å². The summed E-state index contributed by atoms with van der Waals surface area (Å²) in [5.41, 5.74) is 0. The Hall–Kier alpha value is -1.10. The molecule has 1 saturated heterocycles. The molecule has 1 amide bonds. The fourth-order valence-corrected chi connectivity index (χ4v) is 2.23. The molecular weight excluding hydrogens is 222 g/mol. The highest BCUT2D eigenvalue weighted by Crippen LogP contribution is 2.20. The molecule has 0 aliphatic carbocycles. The Morgan fingerprint density at radius 1 is 1.35 bits per heavy atom. The van der Waals surface area contributed by atoms with Crippen molar-refractivity contribution in [3.63, 3.8) is 0 Å². The predicted molar refractivity (Wildman–Crippen MR) is 62.6 cm³/mol. The van der Waals surface area contributed by atoms with Crippen LogP contribution in [0.2, 0.25) is 0 Å². The van der Waals surface area contributed by atoms with Crippen LogP contribution in [0.25, 0.3) is 0 Å². The molecule has 0 bridgehead atoms. The summed E-state index contributed by atoms with van der Waals surface area (Å²) in [5.74, 6) is -0.158. The molecule has 1 fully saturated rings. The van der Waals surface area contributed by atoms with Gasteiger partial charge < -0.3 is 14.7 Å². The molecule has 1 aliphatic rings. The average molecular weight is 243 g/mol. The molecule has 0 radical (unpaired) electrons. The second-order valence-corrected chi connectivity index (χ2v) is 5.04. The van der Waals surface area contributed by atoms with Crippen LogP contribution in [-0.4, -0.2) is 47.7 Å². The van der Waals surface area contributed by atoms with E-state index >= 15 is 0 Å². The van der Waals surface area contributed by atoms with Crippen molar-refractivity contribution in [3.8, 4) is 0 Å². The molecule has 5 nitrogen and oxygen atoms in total. The Morgan fingerprint density at radius 3 is 2.35 bits per heavy atom. The van der Waals surface area contributed by atoms with Crippen molar-refractivity contribution < 1.29 is 19.4 Å². The van der Waals surface area contributed by atoms with Gasteiger partial charge in [0.05, 0.1) is 0 Å². The zero-order valence-electron chi connectivity index (χ0n) is 10.7. The third kappa shape index (κ3) is 4.34. The fraction of sp³-hybridized carbons (Fsp3) is 0.833. The van der Waals surface area contributed by atoms with E-state index in [-0.39, 0.29) is 12.5 Å². The molecule has 5 heteroatoms. The molecule has 0 saturated carbocycles. The number of rotatable bonds is 4. The number of hydrogen-bond acceptors (Lipinski definition) is 3. The normalized spacial score (nSPS) is 26.6. The molecule has 0 aromatic carbocycles. The molecule has 1 rings (SSSR count). The number of ether oxygens (including phenoxy) is 1. The SMILES string of the molecule is CC1CC(C)CN(C(=O)CO[C@@H](C)C(=O)O)C1. The summed E-state index contributed by atoms with van der Waals surface area (Å²) < 4.78 is 5.00. The van der Waals surface area contributed by atoms with E-state index in [1.54, 1.807) is 4.90 Å². The van der Waals surface area contributed by atoms with Crippen LogP contribution < -0.4 is 0 Å². The van der Waals surface area contributed by atoms with Gasteiger partial charge in [-0.05, 0) is 25.2 Å². The molecule has 0 spiro atoms. The highest BCUT2D eigenvalue weighted by Gasteiger charge is 2.26. The Labute approximate surface area is 102 Å². The van der Waals surface area contributed by atoms with E-state index in [4.69, 9.17) is 9.84 Å². The Bertz CT molecular complexity index is 282. The summed E-state index contributed by atoms with van der Waals surface area (Å²) in [7, 11) is 0. The van der Waals surface area contributed by atoms with E-state index in [0.29, 0.717) is 11.8 Å². The summed E-state index contributed by atoms with van der Waals surface area (Å²) in [4.78, 5) is 24.1. The maximum absolute atomic E-state index is 11.8. The van der Waals surface area contributed by atoms with E-state index in [1.165, 1.54) is 6.92 Å². The molecule has 0 aromatic rings. The highest BCUT2D eigenvalue weighted by molar-refractivity contribution is 5.78. The third-order valence-corrected chi connectivity index (χ3v) is 3.03. The molecule has 98 valence electrons. The zero-order chi connectivity index (χ0) is 13.0. The number of carboxylic acid groups (broad SMARTS) is 1. The van der Waals surface area contributed by atoms with E-state index < -0.39 is 12.1 Å². The van der Waals surface area contributed by atoms with Gasteiger partial charge in [-0.2, -0.15) is 0 Å². The molecule has 0 aromatic heterocycles. The van der Waals surface area contributed by atoms with Gasteiger partial charge in [-0.15, -0.1) is 0 Å². The number of aliphatic carboxylic acids is 1. The number of carbonyl (C=O) groups excluding carboxylic acids is 1. The van der Waals surface area contributed by atoms with Crippen molar-refractivity contribution in [2.24, 2.45) is 11.8 Å². The molecule has 1 N–H and O–H groups in total. The van der Waals surface area contributed by atoms with Crippen molar-refractivity contribution in [2.45, 2.75) is 33.3 Å². The summed E-state index contributed by atoms with van der Waals surface area (Å²) >= 11 is 0. The van der Waals surface area contributed by atoms with Gasteiger partial charge in [-0.3, -0.25) is 4.79 Å². The zero-order valence-corrected chi connectivity index (χ0v) is 10.7. The predicted octanol–water partition coefficient (Wildman–Crippen LogP) is 0.981. The van der Waals surface area contributed by atoms with Gasteiger partial charge in [0.2, 0.25) is 5.91 Å². The van der Waals surface area contributed by atoms with Gasteiger partial charge in [-0.1, -0.05) is 13.8 Å². The molecule has 2 unspecified atom stereocenters. The minimum atomic E-state index is -1.04. The van der Waals surface area contributed by atoms with Gasteiger partial charge in [0.1, 0.15) is 6.61 Å². The summed E-state index contributed by atoms with van der Waals surface area (Å²) in [5, 5.41) is 8.64. The van der Waals surface area contributed by atoms with Crippen LogP contribution in [0.15, 0.2) is 0 Å². The first kappa shape index (κ1) is 14.0. The number of hydrogen-bond donors (Lipinski definition) is 1. The minimum Gasteiger partial charge on any atom is -0.479 e. The summed E-state index contributed by atoms with van der Waals surface area (Å²) in [6.07, 6.45) is 0.203. The van der Waals surface area contributed by atoms with Crippen LogP contribution in [0.3, 0.4) is 0 Å². The van der Waals surface area contributed by atoms with Crippen LogP contribution in [0.1, 0.15) is 27.2 Å². The third-order valence-electron chi connectivity index (χ3n) is 3.03. The second-order valence-electron chi connectivity index (χ2n) is 5.04. The molecule has 1 heterocycles. The average Bonchev–Trinajstić information content (AvgIpc) is 2.23. The topological polar surface area (TPSA) is 66.8 Å². The lowest BCUT2D eigenvalue weighted by molar-refractivity contribution is -0.153. The first-order valence-corrected chi connectivity index (χ1v) is 6.02. The van der Waals surface area contributed by atoms with Crippen LogP contribution in [-0.2, 0) is 14.3 Å². The van der Waals surface area contributed by atoms with Crippen molar-refractivity contribution in [1.82, 2.24) is 4.90 Å². The Balaban J connectivity index is 2.39. The van der Waals surface area contributed by atoms with Gasteiger partial charge in [0.15, 0.2) is 6.10 Å². The largest absolute Gasteiger partial charge is 0.479 e. The van der Waals surface area contributed by atoms with Crippen molar-refractivity contribution >= 4 is 11.9 Å². The quantitative estimate of drug-likeness (QED) is 0.799. The number of carboxylic acids is 1. The lowest BCUT2D eigenvalue weighted by Crippen LogP contribution is -2.44. The molecular formula is C12H21NO4. The first-order valence-electron chi connectivity index (χ1n) is 6.02. The molecule has 17 heavy (non-hydrogen) atoms. The van der Waals surface area contributed by atoms with E-state index in [1.807, 2.05) is 0 Å². The summed E-state index contributed by atoms with van der Waals surface area (Å²) in [6.45, 7) is 7.01. The smallest absolute Gasteiger partial charge is 0.332 e. The van der Waals surface area contributed by atoms with Gasteiger partial charge in [0, 0.05) is 13.1 Å². The van der Waals surface area contributed by atoms with Crippen LogP contribution in [0.5, 0.6) is 0 Å². The van der Waals surface area contributed by atoms with Gasteiger partial charge >= 0.3 is 5.97 Å². The maximum atomic E-state index is 11.8. The number of piperidine rings is 1. The molecule has 3 atom stereocenters. The number of amides is 1. The standard InChI is InChI=1S/C12H21NO4/c1-8-4-9(2)6-13(5-8)11(14)7-17-10(3)12(15)16/h8-10H,4-7H2,1-3H3,(H,15,16)/t8?,9?,10-/m0/s1. The highest BCUT2D eigenvalue weighted by atomic mass is 16.5. The van der Waals surface area contributed by atoms with Crippen molar-refractivity contribution in [2.75, 3.05) is 19.7 Å². The molecule has 1 aliphatic heterocycles. The first-order chi connectivity index (χ1) is 7.90. The van der Waals surface area contributed by atoms with E-state index in [0.717, 1.165) is 19.5 Å². The second kappa shape index (κ2) is 6.00. The Morgan fingerprint density at radius 2 is 1.88 bits per heavy atom. The number of carbonyl (C=O) groups is 2.